The summed E-state index contributed by atoms with van der Waals surface area (Å²) >= 11 is 1.20. The number of nitriles is 1. The highest BCUT2D eigenvalue weighted by Gasteiger charge is 2.10. The van der Waals surface area contributed by atoms with Crippen LogP contribution in [-0.2, 0) is 12.8 Å². The van der Waals surface area contributed by atoms with E-state index in [0.717, 1.165) is 55.4 Å². The molecule has 0 amide bonds. The van der Waals surface area contributed by atoms with Crippen LogP contribution in [0, 0.1) is 11.3 Å². The fraction of sp³-hybridized carbons (Fsp3) is 0.292. The number of fused-ring (bicyclic) bond motifs is 1. The normalized spacial score (nSPS) is 10.9. The lowest BCUT2D eigenvalue weighted by Gasteiger charge is -2.07. The highest BCUT2D eigenvalue weighted by Crippen LogP contribution is 2.21. The number of nitrogens with zero attached hydrogens (tertiary/aromatic N) is 3. The van der Waals surface area contributed by atoms with Crippen molar-refractivity contribution in [2.24, 2.45) is 0 Å². The minimum atomic E-state index is 0.576. The third kappa shape index (κ3) is 5.69. The van der Waals surface area contributed by atoms with Crippen molar-refractivity contribution in [1.82, 2.24) is 19.0 Å². The molecular weight excluding hydrogens is 406 g/mol. The summed E-state index contributed by atoms with van der Waals surface area (Å²) in [7, 11) is 0. The monoisotopic (exact) mass is 431 g/mol. The number of benzene rings is 2. The number of rotatable bonds is 11. The zero-order chi connectivity index (χ0) is 21.3. The SMILES string of the molecule is N#Cc1ccc2[nH]cc(CCCCNCCOc3nsnc3Cc3ccccc3)c2c1. The molecule has 2 N–H and O–H groups in total. The van der Waals surface area contributed by atoms with Crippen LogP contribution in [-0.4, -0.2) is 33.4 Å². The molecule has 0 radical (unpaired) electrons. The molecule has 0 bridgehead atoms. The first-order valence-electron chi connectivity index (χ1n) is 10.5. The van der Waals surface area contributed by atoms with Crippen LogP contribution in [0.2, 0.25) is 0 Å². The van der Waals surface area contributed by atoms with Crippen LogP contribution in [0.3, 0.4) is 0 Å². The molecule has 4 aromatic rings. The lowest BCUT2D eigenvalue weighted by atomic mass is 10.1. The van der Waals surface area contributed by atoms with Crippen LogP contribution in [0.15, 0.2) is 54.7 Å². The summed E-state index contributed by atoms with van der Waals surface area (Å²) in [4.78, 5) is 3.29. The maximum atomic E-state index is 9.10. The van der Waals surface area contributed by atoms with Gasteiger partial charge in [0.2, 0.25) is 5.88 Å². The molecule has 2 heterocycles. The van der Waals surface area contributed by atoms with E-state index in [9.17, 15) is 0 Å². The highest BCUT2D eigenvalue weighted by molar-refractivity contribution is 6.99. The van der Waals surface area contributed by atoms with E-state index in [1.807, 2.05) is 36.4 Å². The van der Waals surface area contributed by atoms with E-state index in [-0.39, 0.29) is 0 Å². The molecule has 0 aliphatic carbocycles. The first kappa shape index (κ1) is 21.0. The highest BCUT2D eigenvalue weighted by atomic mass is 32.1. The Balaban J connectivity index is 1.13. The van der Waals surface area contributed by atoms with Crippen molar-refractivity contribution in [3.63, 3.8) is 0 Å². The third-order valence-electron chi connectivity index (χ3n) is 5.20. The van der Waals surface area contributed by atoms with E-state index in [1.165, 1.54) is 22.9 Å². The number of ether oxygens (including phenoxy) is 1. The summed E-state index contributed by atoms with van der Waals surface area (Å²) in [5.74, 6) is 0.645. The van der Waals surface area contributed by atoms with Crippen LogP contribution in [0.5, 0.6) is 5.88 Å². The number of H-pyrrole nitrogens is 1. The van der Waals surface area contributed by atoms with Crippen LogP contribution >= 0.6 is 11.7 Å². The quantitative estimate of drug-likeness (QED) is 0.342. The Morgan fingerprint density at radius 1 is 1.06 bits per heavy atom. The van der Waals surface area contributed by atoms with Gasteiger partial charge >= 0.3 is 0 Å². The first-order valence-corrected chi connectivity index (χ1v) is 11.3. The van der Waals surface area contributed by atoms with Gasteiger partial charge in [0.1, 0.15) is 12.3 Å². The second-order valence-corrected chi connectivity index (χ2v) is 7.95. The van der Waals surface area contributed by atoms with Crippen molar-refractivity contribution >= 4 is 22.6 Å². The molecule has 2 aromatic carbocycles. The molecule has 0 saturated heterocycles. The molecule has 0 unspecified atom stereocenters. The summed E-state index contributed by atoms with van der Waals surface area (Å²) in [6, 6.07) is 18.2. The summed E-state index contributed by atoms with van der Waals surface area (Å²) in [5, 5.41) is 13.7. The molecule has 0 atom stereocenters. The number of aryl methyl sites for hydroxylation is 1. The van der Waals surface area contributed by atoms with E-state index >= 15 is 0 Å². The molecule has 0 aliphatic rings. The van der Waals surface area contributed by atoms with Gasteiger partial charge in [0.05, 0.1) is 23.4 Å². The molecule has 0 aliphatic heterocycles. The lowest BCUT2D eigenvalue weighted by Crippen LogP contribution is -2.22. The van der Waals surface area contributed by atoms with Crippen LogP contribution in [0.4, 0.5) is 0 Å². The molecule has 2 aromatic heterocycles. The smallest absolute Gasteiger partial charge is 0.249 e. The second kappa shape index (κ2) is 10.7. The van der Waals surface area contributed by atoms with E-state index < -0.39 is 0 Å². The summed E-state index contributed by atoms with van der Waals surface area (Å²) < 4.78 is 14.5. The van der Waals surface area contributed by atoms with E-state index in [2.05, 4.69) is 43.4 Å². The Morgan fingerprint density at radius 3 is 2.84 bits per heavy atom. The Hall–Kier alpha value is -3.21. The first-order chi connectivity index (χ1) is 15.3. The Labute approximate surface area is 186 Å². The molecule has 4 rings (SSSR count). The fourth-order valence-corrected chi connectivity index (χ4v) is 4.08. The van der Waals surface area contributed by atoms with Gasteiger partial charge in [0, 0.05) is 30.1 Å². The van der Waals surface area contributed by atoms with Crippen molar-refractivity contribution < 1.29 is 4.74 Å². The molecule has 0 saturated carbocycles. The lowest BCUT2D eigenvalue weighted by molar-refractivity contribution is 0.302. The van der Waals surface area contributed by atoms with Gasteiger partial charge in [0.25, 0.3) is 0 Å². The van der Waals surface area contributed by atoms with Crippen LogP contribution < -0.4 is 10.1 Å². The number of hydrogen-bond donors (Lipinski definition) is 2. The topological polar surface area (TPSA) is 86.6 Å². The predicted octanol–water partition coefficient (Wildman–Crippen LogP) is 4.47. The van der Waals surface area contributed by atoms with E-state index in [4.69, 9.17) is 10.00 Å². The number of aromatic nitrogens is 3. The Bertz CT molecular complexity index is 1150. The van der Waals surface area contributed by atoms with E-state index in [1.54, 1.807) is 0 Å². The third-order valence-corrected chi connectivity index (χ3v) is 5.75. The maximum Gasteiger partial charge on any atom is 0.249 e. The van der Waals surface area contributed by atoms with Crippen molar-refractivity contribution in [2.75, 3.05) is 19.7 Å². The van der Waals surface area contributed by atoms with Gasteiger partial charge < -0.3 is 15.0 Å². The summed E-state index contributed by atoms with van der Waals surface area (Å²) in [6.45, 7) is 2.30. The number of aromatic amines is 1. The molecule has 7 heteroatoms. The van der Waals surface area contributed by atoms with Crippen LogP contribution in [0.1, 0.15) is 35.2 Å². The van der Waals surface area contributed by atoms with Crippen LogP contribution in [0.25, 0.3) is 10.9 Å². The largest absolute Gasteiger partial charge is 0.474 e. The maximum absolute atomic E-state index is 9.10. The van der Waals surface area contributed by atoms with Gasteiger partial charge in [0.15, 0.2) is 0 Å². The molecule has 0 fully saturated rings. The molecule has 0 spiro atoms. The van der Waals surface area contributed by atoms with Crippen molar-refractivity contribution in [2.45, 2.75) is 25.7 Å². The van der Waals surface area contributed by atoms with Gasteiger partial charge in [-0.25, -0.2) is 0 Å². The Morgan fingerprint density at radius 2 is 1.97 bits per heavy atom. The number of hydrogen-bond acceptors (Lipinski definition) is 6. The fourth-order valence-electron chi connectivity index (χ4n) is 3.57. The molecule has 158 valence electrons. The van der Waals surface area contributed by atoms with Gasteiger partial charge in [-0.3, -0.25) is 0 Å². The zero-order valence-corrected chi connectivity index (χ0v) is 18.1. The van der Waals surface area contributed by atoms with Crippen molar-refractivity contribution in [1.29, 1.82) is 5.26 Å². The molecular formula is C24H25N5OS. The van der Waals surface area contributed by atoms with Crippen molar-refractivity contribution in [3.05, 3.63) is 77.1 Å². The average Bonchev–Trinajstić information content (AvgIpc) is 3.42. The van der Waals surface area contributed by atoms with Gasteiger partial charge in [-0.2, -0.15) is 9.64 Å². The van der Waals surface area contributed by atoms with Gasteiger partial charge in [-0.15, -0.1) is 4.37 Å². The van der Waals surface area contributed by atoms with E-state index in [0.29, 0.717) is 18.1 Å². The molecule has 31 heavy (non-hydrogen) atoms. The minimum absolute atomic E-state index is 0.576. The summed E-state index contributed by atoms with van der Waals surface area (Å²) in [6.07, 6.45) is 5.98. The number of nitrogens with one attached hydrogen (secondary N) is 2. The summed E-state index contributed by atoms with van der Waals surface area (Å²) in [5.41, 5.74) is 5.17. The average molecular weight is 432 g/mol. The number of unbranched alkanes of at least 4 members (excludes halogenated alkanes) is 1. The second-order valence-electron chi connectivity index (χ2n) is 7.42. The minimum Gasteiger partial charge on any atom is -0.474 e. The predicted molar refractivity (Wildman–Crippen MR) is 123 cm³/mol. The Kier molecular flexibility index (Phi) is 7.27. The van der Waals surface area contributed by atoms with Gasteiger partial charge in [-0.1, -0.05) is 30.3 Å². The van der Waals surface area contributed by atoms with Gasteiger partial charge in [-0.05, 0) is 55.1 Å². The standard InChI is InChI=1S/C24H25N5OS/c25-16-19-9-10-22-21(14-19)20(17-27-22)8-4-5-11-26-12-13-30-24-23(28-31-29-24)15-18-6-2-1-3-7-18/h1-3,6-7,9-10,14,17,26-27H,4-5,8,11-13,15H2. The zero-order valence-electron chi connectivity index (χ0n) is 17.3. The van der Waals surface area contributed by atoms with Crippen molar-refractivity contribution in [3.8, 4) is 11.9 Å². The molecule has 6 nitrogen and oxygen atoms in total.